The average molecular weight is 477 g/mol. The summed E-state index contributed by atoms with van der Waals surface area (Å²) >= 11 is 0. The maximum atomic E-state index is 12.9. The Morgan fingerprint density at radius 2 is 1.88 bits per heavy atom. The molecule has 33 heavy (non-hydrogen) atoms. The van der Waals surface area contributed by atoms with Crippen LogP contribution >= 0.6 is 0 Å². The van der Waals surface area contributed by atoms with Crippen molar-refractivity contribution in [1.29, 1.82) is 0 Å². The fourth-order valence-corrected chi connectivity index (χ4v) is 6.54. The average Bonchev–Trinajstić information content (AvgIpc) is 2.99. The van der Waals surface area contributed by atoms with Gasteiger partial charge in [0.1, 0.15) is 5.82 Å². The number of hydrogen-bond donors (Lipinski definition) is 0. The van der Waals surface area contributed by atoms with E-state index in [0.29, 0.717) is 31.4 Å². The van der Waals surface area contributed by atoms with Crippen molar-refractivity contribution in [1.82, 2.24) is 18.8 Å². The molecule has 0 radical (unpaired) electrons. The molecule has 0 N–H and O–H groups in total. The molecule has 1 saturated heterocycles. The van der Waals surface area contributed by atoms with Gasteiger partial charge in [-0.3, -0.25) is 4.79 Å². The fourth-order valence-electron chi connectivity index (χ4n) is 5.06. The molecule has 1 unspecified atom stereocenters. The Morgan fingerprint density at radius 3 is 2.55 bits per heavy atom. The largest absolute Gasteiger partial charge is 0.343 e. The summed E-state index contributed by atoms with van der Waals surface area (Å²) in [5, 5.41) is 0. The van der Waals surface area contributed by atoms with Gasteiger partial charge < -0.3 is 9.47 Å². The van der Waals surface area contributed by atoms with E-state index >= 15 is 0 Å². The Balaban J connectivity index is 1.75. The number of benzene rings is 1. The van der Waals surface area contributed by atoms with Crippen LogP contribution in [0.2, 0.25) is 0 Å². The molecule has 2 aromatic rings. The Kier molecular flexibility index (Phi) is 8.93. The first-order chi connectivity index (χ1) is 15.8. The molecule has 1 amide bonds. The number of nitrogens with zero attached hydrogens (tertiary/aromatic N) is 4. The lowest BCUT2D eigenvalue weighted by Gasteiger charge is -2.20. The SMILES string of the molecule is CCCC1CCCN(C(=O)CCc2nc3cc(S(=O)(=O)N(CC)CC)ccc3n2CC)CC1. The highest BCUT2D eigenvalue weighted by molar-refractivity contribution is 7.89. The van der Waals surface area contributed by atoms with Gasteiger partial charge in [-0.15, -0.1) is 0 Å². The third-order valence-electron chi connectivity index (χ3n) is 6.92. The second-order valence-corrected chi connectivity index (χ2v) is 10.9. The standard InChI is InChI=1S/C25H40N4O3S/c1-5-10-20-11-9-17-27(18-16-20)25(30)15-14-24-26-22-19-21(12-13-23(22)29(24)8-4)33(31,32)28(6-2)7-3/h12-13,19-20H,5-11,14-18H2,1-4H3. The molecule has 1 aliphatic rings. The monoisotopic (exact) mass is 476 g/mol. The van der Waals surface area contributed by atoms with Crippen molar-refractivity contribution in [3.63, 3.8) is 0 Å². The first-order valence-corrected chi connectivity index (χ1v) is 14.1. The Morgan fingerprint density at radius 1 is 1.12 bits per heavy atom. The lowest BCUT2D eigenvalue weighted by Crippen LogP contribution is -2.32. The minimum Gasteiger partial charge on any atom is -0.343 e. The minimum atomic E-state index is -3.53. The highest BCUT2D eigenvalue weighted by atomic mass is 32.2. The summed E-state index contributed by atoms with van der Waals surface area (Å²) in [7, 11) is -3.53. The van der Waals surface area contributed by atoms with Crippen LogP contribution in [0.1, 0.15) is 72.0 Å². The highest BCUT2D eigenvalue weighted by Gasteiger charge is 2.24. The number of amides is 1. The van der Waals surface area contributed by atoms with E-state index in [1.807, 2.05) is 24.8 Å². The number of hydrogen-bond acceptors (Lipinski definition) is 4. The number of aromatic nitrogens is 2. The van der Waals surface area contributed by atoms with Crippen LogP contribution in [-0.2, 0) is 27.8 Å². The first-order valence-electron chi connectivity index (χ1n) is 12.6. The zero-order chi connectivity index (χ0) is 24.0. The maximum absolute atomic E-state index is 12.9. The highest BCUT2D eigenvalue weighted by Crippen LogP contribution is 2.25. The number of rotatable bonds is 10. The van der Waals surface area contributed by atoms with Gasteiger partial charge in [-0.05, 0) is 50.3 Å². The van der Waals surface area contributed by atoms with E-state index in [-0.39, 0.29) is 10.8 Å². The molecule has 1 aromatic carbocycles. The smallest absolute Gasteiger partial charge is 0.243 e. The van der Waals surface area contributed by atoms with E-state index < -0.39 is 10.0 Å². The summed E-state index contributed by atoms with van der Waals surface area (Å²) in [5.74, 6) is 1.79. The van der Waals surface area contributed by atoms with Crippen LogP contribution in [0.5, 0.6) is 0 Å². The number of imidazole rings is 1. The number of sulfonamides is 1. The third-order valence-corrected chi connectivity index (χ3v) is 8.96. The lowest BCUT2D eigenvalue weighted by molar-refractivity contribution is -0.131. The molecule has 1 aromatic heterocycles. The molecular weight excluding hydrogens is 436 g/mol. The minimum absolute atomic E-state index is 0.201. The molecule has 7 nitrogen and oxygen atoms in total. The Hall–Kier alpha value is -1.93. The lowest BCUT2D eigenvalue weighted by atomic mass is 9.96. The van der Waals surface area contributed by atoms with Crippen LogP contribution in [0.4, 0.5) is 0 Å². The summed E-state index contributed by atoms with van der Waals surface area (Å²) in [5.41, 5.74) is 1.58. The Labute approximate surface area is 199 Å². The number of aryl methyl sites for hydroxylation is 2. The number of fused-ring (bicyclic) bond motifs is 1. The van der Waals surface area contributed by atoms with Gasteiger partial charge in [-0.25, -0.2) is 13.4 Å². The number of likely N-dealkylation sites (tertiary alicyclic amines) is 1. The molecule has 0 aliphatic carbocycles. The van der Waals surface area contributed by atoms with E-state index in [1.54, 1.807) is 12.1 Å². The predicted molar refractivity (Wildman–Crippen MR) is 133 cm³/mol. The van der Waals surface area contributed by atoms with E-state index in [9.17, 15) is 13.2 Å². The van der Waals surface area contributed by atoms with Crippen molar-refractivity contribution in [2.45, 2.75) is 84.1 Å². The topological polar surface area (TPSA) is 75.5 Å². The van der Waals surface area contributed by atoms with Crippen LogP contribution in [0.15, 0.2) is 23.1 Å². The van der Waals surface area contributed by atoms with Gasteiger partial charge in [-0.1, -0.05) is 33.6 Å². The molecule has 184 valence electrons. The summed E-state index contributed by atoms with van der Waals surface area (Å²) in [4.78, 5) is 20.0. The van der Waals surface area contributed by atoms with Crippen molar-refractivity contribution < 1.29 is 13.2 Å². The molecule has 1 aliphatic heterocycles. The van der Waals surface area contributed by atoms with Gasteiger partial charge in [0.15, 0.2) is 0 Å². The van der Waals surface area contributed by atoms with Gasteiger partial charge in [0, 0.05) is 45.6 Å². The summed E-state index contributed by atoms with van der Waals surface area (Å²) < 4.78 is 29.4. The van der Waals surface area contributed by atoms with Crippen LogP contribution in [-0.4, -0.2) is 59.3 Å². The molecule has 0 bridgehead atoms. The zero-order valence-electron chi connectivity index (χ0n) is 20.7. The van der Waals surface area contributed by atoms with Crippen molar-refractivity contribution >= 4 is 27.0 Å². The van der Waals surface area contributed by atoms with Crippen molar-refractivity contribution in [2.24, 2.45) is 5.92 Å². The quantitative estimate of drug-likeness (QED) is 0.508. The van der Waals surface area contributed by atoms with Gasteiger partial charge in [0.05, 0.1) is 15.9 Å². The predicted octanol–water partition coefficient (Wildman–Crippen LogP) is 4.45. The van der Waals surface area contributed by atoms with Crippen LogP contribution < -0.4 is 0 Å². The van der Waals surface area contributed by atoms with E-state index in [2.05, 4.69) is 18.4 Å². The van der Waals surface area contributed by atoms with Crippen LogP contribution in [0, 0.1) is 5.92 Å². The Bertz CT molecular complexity index is 1040. The molecule has 3 rings (SSSR count). The third kappa shape index (κ3) is 5.77. The summed E-state index contributed by atoms with van der Waals surface area (Å²) in [6.07, 6.45) is 6.89. The summed E-state index contributed by atoms with van der Waals surface area (Å²) in [6.45, 7) is 11.3. The van der Waals surface area contributed by atoms with Crippen LogP contribution in [0.25, 0.3) is 11.0 Å². The number of carbonyl (C=O) groups is 1. The van der Waals surface area contributed by atoms with Crippen LogP contribution in [0.3, 0.4) is 0 Å². The van der Waals surface area contributed by atoms with E-state index in [4.69, 9.17) is 4.98 Å². The molecule has 0 spiro atoms. The van der Waals surface area contributed by atoms with Gasteiger partial charge in [0.25, 0.3) is 0 Å². The molecule has 2 heterocycles. The fraction of sp³-hybridized carbons (Fsp3) is 0.680. The van der Waals surface area contributed by atoms with Crippen molar-refractivity contribution in [2.75, 3.05) is 26.2 Å². The summed E-state index contributed by atoms with van der Waals surface area (Å²) in [6, 6.07) is 5.18. The van der Waals surface area contributed by atoms with Gasteiger partial charge in [0.2, 0.25) is 15.9 Å². The molecule has 0 saturated carbocycles. The molecule has 1 atom stereocenters. The van der Waals surface area contributed by atoms with E-state index in [0.717, 1.165) is 49.7 Å². The van der Waals surface area contributed by atoms with Crippen molar-refractivity contribution in [3.05, 3.63) is 24.0 Å². The van der Waals surface area contributed by atoms with E-state index in [1.165, 1.54) is 23.6 Å². The second-order valence-electron chi connectivity index (χ2n) is 8.98. The first kappa shape index (κ1) is 25.7. The molecular formula is C25H40N4O3S. The van der Waals surface area contributed by atoms with Crippen molar-refractivity contribution in [3.8, 4) is 0 Å². The second kappa shape index (κ2) is 11.5. The molecule has 1 fully saturated rings. The number of carbonyl (C=O) groups excluding carboxylic acids is 1. The van der Waals surface area contributed by atoms with Gasteiger partial charge >= 0.3 is 0 Å². The zero-order valence-corrected chi connectivity index (χ0v) is 21.5. The van der Waals surface area contributed by atoms with Gasteiger partial charge in [-0.2, -0.15) is 4.31 Å². The maximum Gasteiger partial charge on any atom is 0.243 e. The normalized spacial score (nSPS) is 17.6. The molecule has 8 heteroatoms.